The number of nitrogens with two attached hydrogens (primary N) is 1. The molecule has 2 N–H and O–H groups in total. The van der Waals surface area contributed by atoms with Gasteiger partial charge in [0.1, 0.15) is 24.2 Å². The first-order valence-electron chi connectivity index (χ1n) is 10.2. The van der Waals surface area contributed by atoms with Crippen molar-refractivity contribution < 1.29 is 4.74 Å². The number of aromatic nitrogens is 1. The van der Waals surface area contributed by atoms with Gasteiger partial charge in [-0.3, -0.25) is 0 Å². The Bertz CT molecular complexity index is 1020. The van der Waals surface area contributed by atoms with Crippen LogP contribution in [0.1, 0.15) is 48.1 Å². The number of anilines is 1. The monoisotopic (exact) mass is 383 g/mol. The zero-order valence-electron chi connectivity index (χ0n) is 16.5. The molecule has 1 heterocycles. The first kappa shape index (κ1) is 19.0. The molecule has 146 valence electrons. The third-order valence-electron chi connectivity index (χ3n) is 5.51. The molecule has 0 saturated carbocycles. The van der Waals surface area contributed by atoms with Crippen LogP contribution in [-0.4, -0.2) is 4.98 Å². The molecule has 0 amide bonds. The van der Waals surface area contributed by atoms with Crippen molar-refractivity contribution in [2.24, 2.45) is 0 Å². The Morgan fingerprint density at radius 3 is 2.38 bits per heavy atom. The molecule has 0 radical (unpaired) electrons. The van der Waals surface area contributed by atoms with Gasteiger partial charge in [0.05, 0.1) is 5.56 Å². The van der Waals surface area contributed by atoms with Crippen LogP contribution in [0, 0.1) is 11.3 Å². The van der Waals surface area contributed by atoms with Crippen LogP contribution in [0.15, 0.2) is 54.6 Å². The minimum atomic E-state index is 0.443. The van der Waals surface area contributed by atoms with E-state index in [1.807, 2.05) is 54.6 Å². The summed E-state index contributed by atoms with van der Waals surface area (Å²) >= 11 is 0. The number of nitriles is 1. The maximum absolute atomic E-state index is 9.93. The molecule has 1 aliphatic carbocycles. The van der Waals surface area contributed by atoms with E-state index in [0.717, 1.165) is 59.4 Å². The van der Waals surface area contributed by atoms with Crippen molar-refractivity contribution >= 4 is 5.82 Å². The molecule has 2 aromatic carbocycles. The van der Waals surface area contributed by atoms with Crippen molar-refractivity contribution in [3.63, 3.8) is 0 Å². The quantitative estimate of drug-likeness (QED) is 0.651. The minimum absolute atomic E-state index is 0.443. The normalized spacial score (nSPS) is 13.6. The number of fused-ring (bicyclic) bond motifs is 1. The summed E-state index contributed by atoms with van der Waals surface area (Å²) in [5.41, 5.74) is 11.9. The Labute approximate surface area is 172 Å². The van der Waals surface area contributed by atoms with Gasteiger partial charge >= 0.3 is 0 Å². The Balaban J connectivity index is 1.62. The van der Waals surface area contributed by atoms with Gasteiger partial charge in [-0.2, -0.15) is 5.26 Å². The topological polar surface area (TPSA) is 71.9 Å². The second kappa shape index (κ2) is 8.79. The number of rotatable bonds is 4. The van der Waals surface area contributed by atoms with Crippen molar-refractivity contribution in [2.45, 2.75) is 45.1 Å². The van der Waals surface area contributed by atoms with E-state index in [1.54, 1.807) is 0 Å². The molecule has 0 fully saturated rings. The summed E-state index contributed by atoms with van der Waals surface area (Å²) in [4.78, 5) is 4.69. The van der Waals surface area contributed by atoms with Gasteiger partial charge in [-0.15, -0.1) is 0 Å². The van der Waals surface area contributed by atoms with Crippen LogP contribution in [0.4, 0.5) is 5.82 Å². The maximum Gasteiger partial charge on any atom is 0.132 e. The summed E-state index contributed by atoms with van der Waals surface area (Å²) in [6, 6.07) is 20.3. The summed E-state index contributed by atoms with van der Waals surface area (Å²) in [5, 5.41) is 9.93. The Hall–Kier alpha value is -3.32. The number of hydrogen-bond donors (Lipinski definition) is 1. The minimum Gasteiger partial charge on any atom is -0.489 e. The average Bonchev–Trinajstić information content (AvgIpc) is 2.74. The number of nitrogen functional groups attached to an aromatic ring is 1. The number of benzene rings is 2. The second-order valence-electron chi connectivity index (χ2n) is 7.50. The SMILES string of the molecule is N#Cc1c2c(nc(N)c1-c1ccc(OCc3ccccc3)cc1)CCCCCC2. The van der Waals surface area contributed by atoms with Crippen LogP contribution in [0.25, 0.3) is 11.1 Å². The molecule has 0 saturated heterocycles. The molecule has 4 heteroatoms. The Morgan fingerprint density at radius 2 is 1.66 bits per heavy atom. The van der Waals surface area contributed by atoms with E-state index in [4.69, 9.17) is 15.5 Å². The largest absolute Gasteiger partial charge is 0.489 e. The third kappa shape index (κ3) is 4.25. The van der Waals surface area contributed by atoms with Gasteiger partial charge < -0.3 is 10.5 Å². The molecule has 4 nitrogen and oxygen atoms in total. The van der Waals surface area contributed by atoms with E-state index in [0.29, 0.717) is 18.0 Å². The van der Waals surface area contributed by atoms with E-state index >= 15 is 0 Å². The molecular formula is C25H25N3O. The van der Waals surface area contributed by atoms with Crippen LogP contribution in [0.3, 0.4) is 0 Å². The van der Waals surface area contributed by atoms with E-state index in [2.05, 4.69) is 6.07 Å². The fourth-order valence-corrected chi connectivity index (χ4v) is 3.99. The van der Waals surface area contributed by atoms with Crippen LogP contribution < -0.4 is 10.5 Å². The van der Waals surface area contributed by atoms with Crippen LogP contribution >= 0.6 is 0 Å². The van der Waals surface area contributed by atoms with Gasteiger partial charge in [-0.05, 0) is 54.5 Å². The molecule has 4 rings (SSSR count). The smallest absolute Gasteiger partial charge is 0.132 e. The molecule has 0 bridgehead atoms. The highest BCUT2D eigenvalue weighted by Crippen LogP contribution is 2.35. The zero-order chi connectivity index (χ0) is 20.1. The van der Waals surface area contributed by atoms with E-state index < -0.39 is 0 Å². The highest BCUT2D eigenvalue weighted by molar-refractivity contribution is 5.81. The lowest BCUT2D eigenvalue weighted by Gasteiger charge is -2.18. The molecule has 0 spiro atoms. The maximum atomic E-state index is 9.93. The summed E-state index contributed by atoms with van der Waals surface area (Å²) < 4.78 is 5.88. The highest BCUT2D eigenvalue weighted by atomic mass is 16.5. The molecule has 0 unspecified atom stereocenters. The second-order valence-corrected chi connectivity index (χ2v) is 7.50. The van der Waals surface area contributed by atoms with E-state index in [9.17, 15) is 5.26 Å². The van der Waals surface area contributed by atoms with Gasteiger partial charge in [0, 0.05) is 11.3 Å². The summed E-state index contributed by atoms with van der Waals surface area (Å²) in [7, 11) is 0. The van der Waals surface area contributed by atoms with Gasteiger partial charge in [0.15, 0.2) is 0 Å². The fraction of sp³-hybridized carbons (Fsp3) is 0.280. The summed E-state index contributed by atoms with van der Waals surface area (Å²) in [6.07, 6.45) is 6.43. The van der Waals surface area contributed by atoms with Gasteiger partial charge in [-0.1, -0.05) is 55.3 Å². The Kier molecular flexibility index (Phi) is 5.76. The number of pyridine rings is 1. The molecule has 3 aromatic rings. The molecule has 29 heavy (non-hydrogen) atoms. The third-order valence-corrected chi connectivity index (χ3v) is 5.51. The van der Waals surface area contributed by atoms with Gasteiger partial charge in [0.2, 0.25) is 0 Å². The van der Waals surface area contributed by atoms with Crippen molar-refractivity contribution in [1.82, 2.24) is 4.98 Å². The van der Waals surface area contributed by atoms with Crippen molar-refractivity contribution in [3.05, 3.63) is 77.0 Å². The number of nitrogens with zero attached hydrogens (tertiary/aromatic N) is 2. The van der Waals surface area contributed by atoms with Crippen LogP contribution in [0.2, 0.25) is 0 Å². The summed E-state index contributed by atoms with van der Waals surface area (Å²) in [5.74, 6) is 1.23. The van der Waals surface area contributed by atoms with E-state index in [-0.39, 0.29) is 0 Å². The summed E-state index contributed by atoms with van der Waals surface area (Å²) in [6.45, 7) is 0.520. The van der Waals surface area contributed by atoms with Crippen molar-refractivity contribution in [2.75, 3.05) is 5.73 Å². The molecule has 0 atom stereocenters. The fourth-order valence-electron chi connectivity index (χ4n) is 3.99. The average molecular weight is 383 g/mol. The number of aryl methyl sites for hydroxylation is 1. The predicted molar refractivity (Wildman–Crippen MR) is 115 cm³/mol. The lowest BCUT2D eigenvalue weighted by Crippen LogP contribution is -2.10. The lowest BCUT2D eigenvalue weighted by molar-refractivity contribution is 0.306. The number of hydrogen-bond acceptors (Lipinski definition) is 4. The first-order chi connectivity index (χ1) is 14.3. The van der Waals surface area contributed by atoms with Crippen LogP contribution in [0.5, 0.6) is 5.75 Å². The Morgan fingerprint density at radius 1 is 0.931 bits per heavy atom. The first-order valence-corrected chi connectivity index (χ1v) is 10.2. The van der Waals surface area contributed by atoms with Crippen LogP contribution in [-0.2, 0) is 19.4 Å². The van der Waals surface area contributed by atoms with Crippen molar-refractivity contribution in [3.8, 4) is 22.9 Å². The molecule has 1 aromatic heterocycles. The standard InChI is InChI=1S/C25H25N3O/c26-16-22-21-10-6-1-2-7-11-23(21)28-25(27)24(22)19-12-14-20(15-13-19)29-17-18-8-4-3-5-9-18/h3-5,8-9,12-15H,1-2,6-7,10-11,17H2,(H2,27,28). The number of ether oxygens (including phenoxy) is 1. The van der Waals surface area contributed by atoms with E-state index in [1.165, 1.54) is 12.8 Å². The highest BCUT2D eigenvalue weighted by Gasteiger charge is 2.20. The van der Waals surface area contributed by atoms with Crippen molar-refractivity contribution in [1.29, 1.82) is 5.26 Å². The molecule has 0 aliphatic heterocycles. The lowest BCUT2D eigenvalue weighted by atomic mass is 9.89. The zero-order valence-corrected chi connectivity index (χ0v) is 16.5. The predicted octanol–water partition coefficient (Wildman–Crippen LogP) is 5.44. The molecular weight excluding hydrogens is 358 g/mol. The molecule has 1 aliphatic rings. The van der Waals surface area contributed by atoms with Gasteiger partial charge in [-0.25, -0.2) is 4.98 Å². The van der Waals surface area contributed by atoms with Gasteiger partial charge in [0.25, 0.3) is 0 Å².